The maximum atomic E-state index is 6.31. The normalized spacial score (nSPS) is 12.6. The molecule has 1 atom stereocenters. The molecule has 0 saturated carbocycles. The molecule has 3 aromatic rings. The third-order valence-corrected chi connectivity index (χ3v) is 4.93. The van der Waals surface area contributed by atoms with E-state index in [0.717, 1.165) is 34.5 Å². The molecule has 2 aromatic carbocycles. The number of aromatic nitrogens is 2. The second kappa shape index (κ2) is 8.73. The molecule has 3 N–H and O–H groups in total. The van der Waals surface area contributed by atoms with Crippen LogP contribution in [0.25, 0.3) is 22.9 Å². The first-order chi connectivity index (χ1) is 13.8. The zero-order valence-electron chi connectivity index (χ0n) is 18.0. The first kappa shape index (κ1) is 21.0. The van der Waals surface area contributed by atoms with Gasteiger partial charge in [0, 0.05) is 30.4 Å². The van der Waals surface area contributed by atoms with Gasteiger partial charge in [0.15, 0.2) is 0 Å². The minimum absolute atomic E-state index is 0.194. The van der Waals surface area contributed by atoms with E-state index in [4.69, 9.17) is 10.2 Å². The molecule has 0 fully saturated rings. The molecule has 7 nitrogen and oxygen atoms in total. The second-order valence-electron chi connectivity index (χ2n) is 7.75. The van der Waals surface area contributed by atoms with Crippen LogP contribution in [-0.4, -0.2) is 55.2 Å². The summed E-state index contributed by atoms with van der Waals surface area (Å²) < 4.78 is 6.01. The van der Waals surface area contributed by atoms with Crippen molar-refractivity contribution in [3.63, 3.8) is 0 Å². The van der Waals surface area contributed by atoms with E-state index >= 15 is 0 Å². The van der Waals surface area contributed by atoms with Gasteiger partial charge in [0.1, 0.15) is 0 Å². The molecule has 0 bridgehead atoms. The summed E-state index contributed by atoms with van der Waals surface area (Å²) in [5.74, 6) is 0.987. The molecule has 0 aliphatic carbocycles. The van der Waals surface area contributed by atoms with Crippen molar-refractivity contribution in [3.8, 4) is 22.9 Å². The standard InChI is InChI=1S/C22H30N6O/c1-14-7-8-16(12-18(14)20(23)28(5)6)22-26-25-21(29-22)15-9-10-19(24-2)17(11-15)13-27(3)4/h7-12,20,24H,13,23H2,1-6H3. The van der Waals surface area contributed by atoms with Gasteiger partial charge in [-0.3, -0.25) is 4.90 Å². The van der Waals surface area contributed by atoms with Gasteiger partial charge in [-0.05, 0) is 82.1 Å². The lowest BCUT2D eigenvalue weighted by atomic mass is 10.0. The maximum absolute atomic E-state index is 6.31. The highest BCUT2D eigenvalue weighted by Gasteiger charge is 2.16. The van der Waals surface area contributed by atoms with Crippen molar-refractivity contribution in [1.29, 1.82) is 0 Å². The van der Waals surface area contributed by atoms with Crippen molar-refractivity contribution in [2.24, 2.45) is 5.73 Å². The third-order valence-electron chi connectivity index (χ3n) is 4.93. The quantitative estimate of drug-likeness (QED) is 0.595. The van der Waals surface area contributed by atoms with Gasteiger partial charge in [-0.2, -0.15) is 0 Å². The molecule has 3 rings (SSSR count). The molecule has 7 heteroatoms. The number of hydrogen-bond donors (Lipinski definition) is 2. The Morgan fingerprint density at radius 3 is 2.21 bits per heavy atom. The van der Waals surface area contributed by atoms with E-state index in [1.54, 1.807) is 0 Å². The van der Waals surface area contributed by atoms with Crippen LogP contribution >= 0.6 is 0 Å². The lowest BCUT2D eigenvalue weighted by Crippen LogP contribution is -2.28. The van der Waals surface area contributed by atoms with Crippen molar-refractivity contribution in [3.05, 3.63) is 53.1 Å². The van der Waals surface area contributed by atoms with E-state index in [1.807, 2.05) is 70.5 Å². The summed E-state index contributed by atoms with van der Waals surface area (Å²) in [6.45, 7) is 2.87. The van der Waals surface area contributed by atoms with Gasteiger partial charge in [0.2, 0.25) is 11.8 Å². The Morgan fingerprint density at radius 2 is 1.62 bits per heavy atom. The predicted molar refractivity (Wildman–Crippen MR) is 117 cm³/mol. The van der Waals surface area contributed by atoms with E-state index in [2.05, 4.69) is 33.4 Å². The van der Waals surface area contributed by atoms with Crippen LogP contribution in [0.15, 0.2) is 40.8 Å². The molecule has 0 saturated heterocycles. The largest absolute Gasteiger partial charge is 0.416 e. The highest BCUT2D eigenvalue weighted by molar-refractivity contribution is 5.64. The summed E-state index contributed by atoms with van der Waals surface area (Å²) >= 11 is 0. The van der Waals surface area contributed by atoms with Gasteiger partial charge in [-0.1, -0.05) is 6.07 Å². The minimum Gasteiger partial charge on any atom is -0.416 e. The molecule has 0 radical (unpaired) electrons. The lowest BCUT2D eigenvalue weighted by molar-refractivity contribution is 0.306. The molecule has 29 heavy (non-hydrogen) atoms. The summed E-state index contributed by atoms with van der Waals surface area (Å²) in [6.07, 6.45) is -0.194. The number of hydrogen-bond acceptors (Lipinski definition) is 7. The monoisotopic (exact) mass is 394 g/mol. The van der Waals surface area contributed by atoms with Crippen LogP contribution in [0.5, 0.6) is 0 Å². The molecule has 1 unspecified atom stereocenters. The minimum atomic E-state index is -0.194. The summed E-state index contributed by atoms with van der Waals surface area (Å²) in [7, 11) is 9.94. The molecule has 0 aliphatic rings. The fourth-order valence-corrected chi connectivity index (χ4v) is 3.27. The van der Waals surface area contributed by atoms with Crippen LogP contribution in [0, 0.1) is 6.92 Å². The van der Waals surface area contributed by atoms with Gasteiger partial charge in [0.05, 0.1) is 6.17 Å². The zero-order valence-corrected chi connectivity index (χ0v) is 18.0. The number of nitrogens with zero attached hydrogens (tertiary/aromatic N) is 4. The average Bonchev–Trinajstić information content (AvgIpc) is 3.17. The van der Waals surface area contributed by atoms with Crippen molar-refractivity contribution < 1.29 is 4.42 Å². The van der Waals surface area contributed by atoms with Crippen LogP contribution in [0.1, 0.15) is 22.9 Å². The number of aryl methyl sites for hydroxylation is 1. The molecular weight excluding hydrogens is 364 g/mol. The Labute approximate surface area is 172 Å². The highest BCUT2D eigenvalue weighted by Crippen LogP contribution is 2.29. The molecule has 1 aromatic heterocycles. The molecule has 1 heterocycles. The van der Waals surface area contributed by atoms with Crippen molar-refractivity contribution in [2.75, 3.05) is 40.6 Å². The van der Waals surface area contributed by atoms with Crippen molar-refractivity contribution in [1.82, 2.24) is 20.0 Å². The van der Waals surface area contributed by atoms with Crippen molar-refractivity contribution >= 4 is 5.69 Å². The van der Waals surface area contributed by atoms with E-state index in [1.165, 1.54) is 5.56 Å². The summed E-state index contributed by atoms with van der Waals surface area (Å²) in [4.78, 5) is 4.10. The lowest BCUT2D eigenvalue weighted by Gasteiger charge is -2.22. The van der Waals surface area contributed by atoms with E-state index in [0.29, 0.717) is 11.8 Å². The first-order valence-corrected chi connectivity index (χ1v) is 9.62. The van der Waals surface area contributed by atoms with Gasteiger partial charge in [-0.15, -0.1) is 10.2 Å². The summed E-state index contributed by atoms with van der Waals surface area (Å²) in [5.41, 5.74) is 12.5. The van der Waals surface area contributed by atoms with Crippen LogP contribution < -0.4 is 11.1 Å². The average molecular weight is 395 g/mol. The van der Waals surface area contributed by atoms with E-state index in [-0.39, 0.29) is 6.17 Å². The van der Waals surface area contributed by atoms with Crippen molar-refractivity contribution in [2.45, 2.75) is 19.6 Å². The van der Waals surface area contributed by atoms with E-state index < -0.39 is 0 Å². The van der Waals surface area contributed by atoms with Gasteiger partial charge < -0.3 is 20.4 Å². The molecule has 0 amide bonds. The van der Waals surface area contributed by atoms with Gasteiger partial charge in [-0.25, -0.2) is 0 Å². The molecule has 0 spiro atoms. The number of benzene rings is 2. The van der Waals surface area contributed by atoms with Crippen LogP contribution in [0.3, 0.4) is 0 Å². The predicted octanol–water partition coefficient (Wildman–Crippen LogP) is 3.33. The second-order valence-corrected chi connectivity index (χ2v) is 7.75. The highest BCUT2D eigenvalue weighted by atomic mass is 16.4. The Kier molecular flexibility index (Phi) is 6.32. The van der Waals surface area contributed by atoms with Crippen LogP contribution in [0.2, 0.25) is 0 Å². The fourth-order valence-electron chi connectivity index (χ4n) is 3.27. The zero-order chi connectivity index (χ0) is 21.1. The number of anilines is 1. The number of rotatable bonds is 7. The maximum Gasteiger partial charge on any atom is 0.248 e. The Bertz CT molecular complexity index is 979. The molecular formula is C22H30N6O. The van der Waals surface area contributed by atoms with Gasteiger partial charge in [0.25, 0.3) is 0 Å². The van der Waals surface area contributed by atoms with Crippen LogP contribution in [0.4, 0.5) is 5.69 Å². The van der Waals surface area contributed by atoms with Crippen LogP contribution in [-0.2, 0) is 6.54 Å². The summed E-state index contributed by atoms with van der Waals surface area (Å²) in [6, 6.07) is 12.2. The smallest absolute Gasteiger partial charge is 0.248 e. The third kappa shape index (κ3) is 4.64. The first-order valence-electron chi connectivity index (χ1n) is 9.62. The molecule has 0 aliphatic heterocycles. The Balaban J connectivity index is 1.95. The van der Waals surface area contributed by atoms with E-state index in [9.17, 15) is 0 Å². The Hall–Kier alpha value is -2.74. The van der Waals surface area contributed by atoms with Gasteiger partial charge >= 0.3 is 0 Å². The molecule has 154 valence electrons. The fraction of sp³-hybridized carbons (Fsp3) is 0.364. The number of nitrogens with one attached hydrogen (secondary N) is 1. The topological polar surface area (TPSA) is 83.4 Å². The number of nitrogens with two attached hydrogens (primary N) is 1. The SMILES string of the molecule is CNc1ccc(-c2nnc(-c3ccc(C)c(C(N)N(C)C)c3)o2)cc1CN(C)C. The summed E-state index contributed by atoms with van der Waals surface area (Å²) in [5, 5.41) is 11.8. The Morgan fingerprint density at radius 1 is 1.00 bits per heavy atom.